The molecule has 1 atom stereocenters. The third-order valence-corrected chi connectivity index (χ3v) is 2.47. The van der Waals surface area contributed by atoms with E-state index in [1.807, 2.05) is 0 Å². The van der Waals surface area contributed by atoms with Crippen LogP contribution in [0.4, 0.5) is 5.69 Å². The van der Waals surface area contributed by atoms with Gasteiger partial charge in [0.1, 0.15) is 0 Å². The van der Waals surface area contributed by atoms with E-state index in [-0.39, 0.29) is 11.3 Å². The SMILES string of the molecule is COC(=O)[C@H](C(C)=O)C(=O)c1ccc([N+](=O)[O-])cc1. The van der Waals surface area contributed by atoms with Crippen LogP contribution in [0.15, 0.2) is 24.3 Å². The summed E-state index contributed by atoms with van der Waals surface area (Å²) in [6.45, 7) is 1.10. The monoisotopic (exact) mass is 265 g/mol. The number of benzene rings is 1. The molecule has 0 bridgehead atoms. The highest BCUT2D eigenvalue weighted by atomic mass is 16.6. The summed E-state index contributed by atoms with van der Waals surface area (Å²) in [5, 5.41) is 10.5. The van der Waals surface area contributed by atoms with E-state index in [0.29, 0.717) is 0 Å². The van der Waals surface area contributed by atoms with Crippen molar-refractivity contribution in [1.82, 2.24) is 0 Å². The Morgan fingerprint density at radius 3 is 2.11 bits per heavy atom. The van der Waals surface area contributed by atoms with Crippen molar-refractivity contribution in [2.75, 3.05) is 7.11 Å². The van der Waals surface area contributed by atoms with E-state index in [0.717, 1.165) is 26.2 Å². The summed E-state index contributed by atoms with van der Waals surface area (Å²) in [4.78, 5) is 44.5. The molecule has 0 spiro atoms. The Morgan fingerprint density at radius 1 is 1.21 bits per heavy atom. The fraction of sp³-hybridized carbons (Fsp3) is 0.250. The molecule has 0 amide bonds. The van der Waals surface area contributed by atoms with E-state index < -0.39 is 28.4 Å². The zero-order valence-corrected chi connectivity index (χ0v) is 10.3. The van der Waals surface area contributed by atoms with Crippen LogP contribution < -0.4 is 0 Å². The Balaban J connectivity index is 3.07. The molecule has 0 saturated carbocycles. The van der Waals surface area contributed by atoms with Gasteiger partial charge in [0.05, 0.1) is 12.0 Å². The molecule has 0 aromatic heterocycles. The van der Waals surface area contributed by atoms with Gasteiger partial charge in [-0.15, -0.1) is 0 Å². The molecule has 0 heterocycles. The van der Waals surface area contributed by atoms with Crippen molar-refractivity contribution < 1.29 is 24.0 Å². The summed E-state index contributed by atoms with van der Waals surface area (Å²) in [5.41, 5.74) is -0.148. The molecular formula is C12H11NO6. The standard InChI is InChI=1S/C12H11NO6/c1-7(14)10(12(16)19-2)11(15)8-3-5-9(6-4-8)13(17)18/h3-6,10H,1-2H3/t10-/m1/s1. The van der Waals surface area contributed by atoms with E-state index in [4.69, 9.17) is 0 Å². The van der Waals surface area contributed by atoms with Crippen molar-refractivity contribution in [1.29, 1.82) is 0 Å². The Kier molecular flexibility index (Phi) is 4.46. The van der Waals surface area contributed by atoms with Crippen molar-refractivity contribution in [3.8, 4) is 0 Å². The van der Waals surface area contributed by atoms with Gasteiger partial charge in [0.2, 0.25) is 0 Å². The number of ketones is 2. The molecule has 0 unspecified atom stereocenters. The van der Waals surface area contributed by atoms with Gasteiger partial charge in [-0.3, -0.25) is 24.5 Å². The summed E-state index contributed by atoms with van der Waals surface area (Å²) in [5.74, 6) is -3.87. The van der Waals surface area contributed by atoms with Crippen LogP contribution in [-0.2, 0) is 14.3 Å². The van der Waals surface area contributed by atoms with Gasteiger partial charge >= 0.3 is 5.97 Å². The maximum Gasteiger partial charge on any atom is 0.324 e. The molecule has 0 saturated heterocycles. The lowest BCUT2D eigenvalue weighted by Gasteiger charge is -2.10. The second kappa shape index (κ2) is 5.85. The minimum absolute atomic E-state index is 0.0381. The zero-order valence-electron chi connectivity index (χ0n) is 10.3. The second-order valence-corrected chi connectivity index (χ2v) is 3.74. The van der Waals surface area contributed by atoms with Gasteiger partial charge in [0.25, 0.3) is 5.69 Å². The number of esters is 1. The van der Waals surface area contributed by atoms with Crippen LogP contribution in [0.3, 0.4) is 0 Å². The summed E-state index contributed by atoms with van der Waals surface area (Å²) in [6.07, 6.45) is 0. The van der Waals surface area contributed by atoms with Gasteiger partial charge in [0.15, 0.2) is 17.5 Å². The third-order valence-electron chi connectivity index (χ3n) is 2.47. The van der Waals surface area contributed by atoms with Gasteiger partial charge in [-0.25, -0.2) is 0 Å². The average molecular weight is 265 g/mol. The molecule has 0 radical (unpaired) electrons. The van der Waals surface area contributed by atoms with Crippen molar-refractivity contribution in [2.24, 2.45) is 5.92 Å². The highest BCUT2D eigenvalue weighted by molar-refractivity contribution is 6.22. The van der Waals surface area contributed by atoms with Crippen LogP contribution in [0, 0.1) is 16.0 Å². The lowest BCUT2D eigenvalue weighted by atomic mass is 9.94. The van der Waals surface area contributed by atoms with Gasteiger partial charge < -0.3 is 4.74 Å². The van der Waals surface area contributed by atoms with Crippen LogP contribution in [0.1, 0.15) is 17.3 Å². The zero-order chi connectivity index (χ0) is 14.6. The number of methoxy groups -OCH3 is 1. The molecular weight excluding hydrogens is 254 g/mol. The smallest absolute Gasteiger partial charge is 0.324 e. The Bertz CT molecular complexity index is 534. The van der Waals surface area contributed by atoms with Crippen molar-refractivity contribution in [3.63, 3.8) is 0 Å². The number of Topliss-reactive ketones (excluding diaryl/α,β-unsaturated/α-hetero) is 2. The summed E-state index contributed by atoms with van der Waals surface area (Å²) >= 11 is 0. The van der Waals surface area contributed by atoms with Crippen molar-refractivity contribution in [2.45, 2.75) is 6.92 Å². The molecule has 0 fully saturated rings. The quantitative estimate of drug-likeness (QED) is 0.260. The Hall–Kier alpha value is -2.57. The van der Waals surface area contributed by atoms with Gasteiger partial charge in [0, 0.05) is 17.7 Å². The van der Waals surface area contributed by atoms with E-state index in [9.17, 15) is 24.5 Å². The number of hydrogen-bond acceptors (Lipinski definition) is 6. The maximum atomic E-state index is 12.0. The average Bonchev–Trinajstić information content (AvgIpc) is 2.38. The lowest BCUT2D eigenvalue weighted by Crippen LogP contribution is -2.31. The number of rotatable bonds is 5. The van der Waals surface area contributed by atoms with E-state index in [1.165, 1.54) is 12.1 Å². The summed E-state index contributed by atoms with van der Waals surface area (Å²) in [6, 6.07) is 4.64. The molecule has 0 N–H and O–H groups in total. The molecule has 19 heavy (non-hydrogen) atoms. The van der Waals surface area contributed by atoms with Crippen LogP contribution >= 0.6 is 0 Å². The normalized spacial score (nSPS) is 11.5. The van der Waals surface area contributed by atoms with Gasteiger partial charge in [-0.1, -0.05) is 0 Å². The molecule has 1 rings (SSSR count). The molecule has 100 valence electrons. The number of non-ortho nitro benzene ring substituents is 1. The molecule has 1 aromatic rings. The molecule has 7 heteroatoms. The predicted molar refractivity (Wildman–Crippen MR) is 63.6 cm³/mol. The second-order valence-electron chi connectivity index (χ2n) is 3.74. The van der Waals surface area contributed by atoms with Crippen LogP contribution in [0.5, 0.6) is 0 Å². The fourth-order valence-electron chi connectivity index (χ4n) is 1.49. The van der Waals surface area contributed by atoms with Crippen LogP contribution in [0.2, 0.25) is 0 Å². The number of ether oxygens (including phenoxy) is 1. The molecule has 1 aromatic carbocycles. The number of nitrogens with zero attached hydrogens (tertiary/aromatic N) is 1. The van der Waals surface area contributed by atoms with E-state index in [2.05, 4.69) is 4.74 Å². The molecule has 0 aliphatic heterocycles. The molecule has 0 aliphatic carbocycles. The van der Waals surface area contributed by atoms with E-state index >= 15 is 0 Å². The minimum atomic E-state index is -1.54. The number of hydrogen-bond donors (Lipinski definition) is 0. The van der Waals surface area contributed by atoms with Crippen molar-refractivity contribution >= 4 is 23.2 Å². The number of carbonyl (C=O) groups is 3. The van der Waals surface area contributed by atoms with Crippen LogP contribution in [0.25, 0.3) is 0 Å². The maximum absolute atomic E-state index is 12.0. The molecule has 7 nitrogen and oxygen atoms in total. The summed E-state index contributed by atoms with van der Waals surface area (Å²) in [7, 11) is 1.07. The fourth-order valence-corrected chi connectivity index (χ4v) is 1.49. The Labute approximate surface area is 108 Å². The minimum Gasteiger partial charge on any atom is -0.468 e. The number of nitro benzene ring substituents is 1. The predicted octanol–water partition coefficient (Wildman–Crippen LogP) is 1.16. The first-order valence-corrected chi connectivity index (χ1v) is 5.25. The third kappa shape index (κ3) is 3.21. The largest absolute Gasteiger partial charge is 0.468 e. The summed E-state index contributed by atoms with van der Waals surface area (Å²) < 4.78 is 4.39. The Morgan fingerprint density at radius 2 is 1.74 bits per heavy atom. The van der Waals surface area contributed by atoms with Gasteiger partial charge in [-0.2, -0.15) is 0 Å². The van der Waals surface area contributed by atoms with Crippen molar-refractivity contribution in [3.05, 3.63) is 39.9 Å². The van der Waals surface area contributed by atoms with Crippen LogP contribution in [-0.4, -0.2) is 29.6 Å². The number of nitro groups is 1. The lowest BCUT2D eigenvalue weighted by molar-refractivity contribution is -0.384. The first-order valence-electron chi connectivity index (χ1n) is 5.25. The first kappa shape index (κ1) is 14.5. The van der Waals surface area contributed by atoms with Gasteiger partial charge in [-0.05, 0) is 19.1 Å². The topological polar surface area (TPSA) is 104 Å². The number of carbonyl (C=O) groups excluding carboxylic acids is 3. The highest BCUT2D eigenvalue weighted by Gasteiger charge is 2.32. The molecule has 0 aliphatic rings. The first-order chi connectivity index (χ1) is 8.88. The highest BCUT2D eigenvalue weighted by Crippen LogP contribution is 2.16. The van der Waals surface area contributed by atoms with E-state index in [1.54, 1.807) is 0 Å².